The lowest BCUT2D eigenvalue weighted by molar-refractivity contribution is 0.257. The number of hydrogen-bond donors (Lipinski definition) is 1. The summed E-state index contributed by atoms with van der Waals surface area (Å²) in [4.78, 5) is 4.28. The largest absolute Gasteiger partial charge is 0.329 e. The second kappa shape index (κ2) is 5.40. The van der Waals surface area contributed by atoms with Crippen LogP contribution in [0.1, 0.15) is 19.3 Å². The summed E-state index contributed by atoms with van der Waals surface area (Å²) in [5, 5.41) is 0. The zero-order valence-corrected chi connectivity index (χ0v) is 12.7. The fourth-order valence-corrected chi connectivity index (χ4v) is 5.63. The SMILES string of the molecule is NC[C@H]1CCCCN1S(=O)(=O)c1nc2ccccc2s1. The highest BCUT2D eigenvalue weighted by molar-refractivity contribution is 7.91. The minimum Gasteiger partial charge on any atom is -0.329 e. The number of hydrogen-bond acceptors (Lipinski definition) is 5. The van der Waals surface area contributed by atoms with Crippen molar-refractivity contribution in [3.05, 3.63) is 24.3 Å². The van der Waals surface area contributed by atoms with E-state index >= 15 is 0 Å². The predicted octanol–water partition coefficient (Wildman–Crippen LogP) is 1.80. The number of piperidine rings is 1. The molecule has 0 unspecified atom stereocenters. The number of aromatic nitrogens is 1. The molecule has 5 nitrogen and oxygen atoms in total. The van der Waals surface area contributed by atoms with Crippen molar-refractivity contribution >= 4 is 31.6 Å². The van der Waals surface area contributed by atoms with Gasteiger partial charge in [0.25, 0.3) is 10.0 Å². The first-order valence-electron chi connectivity index (χ1n) is 6.70. The van der Waals surface area contributed by atoms with Crippen molar-refractivity contribution in [3.63, 3.8) is 0 Å². The highest BCUT2D eigenvalue weighted by Crippen LogP contribution is 2.30. The molecule has 2 aromatic rings. The molecule has 1 aliphatic heterocycles. The maximum absolute atomic E-state index is 12.7. The number of fused-ring (bicyclic) bond motifs is 1. The fourth-order valence-electron chi connectivity index (χ4n) is 2.59. The van der Waals surface area contributed by atoms with Gasteiger partial charge in [0.1, 0.15) is 0 Å². The number of nitrogens with two attached hydrogens (primary N) is 1. The lowest BCUT2D eigenvalue weighted by atomic mass is 10.1. The van der Waals surface area contributed by atoms with Crippen LogP contribution in [0.5, 0.6) is 0 Å². The van der Waals surface area contributed by atoms with Crippen LogP contribution in [-0.2, 0) is 10.0 Å². The standard InChI is InChI=1S/C13H17N3O2S2/c14-9-10-5-3-4-8-16(10)20(17,18)13-15-11-6-1-2-7-12(11)19-13/h1-2,6-7,10H,3-5,8-9,14H2/t10-/m1/s1. The van der Waals surface area contributed by atoms with E-state index in [0.717, 1.165) is 29.5 Å². The van der Waals surface area contributed by atoms with Gasteiger partial charge < -0.3 is 5.73 Å². The predicted molar refractivity (Wildman–Crippen MR) is 80.2 cm³/mol. The van der Waals surface area contributed by atoms with Crippen molar-refractivity contribution in [2.75, 3.05) is 13.1 Å². The average Bonchev–Trinajstić information content (AvgIpc) is 2.92. The van der Waals surface area contributed by atoms with Crippen molar-refractivity contribution in [3.8, 4) is 0 Å². The van der Waals surface area contributed by atoms with E-state index in [0.29, 0.717) is 13.1 Å². The number of sulfonamides is 1. The highest BCUT2D eigenvalue weighted by Gasteiger charge is 2.34. The lowest BCUT2D eigenvalue weighted by Gasteiger charge is -2.32. The number of para-hydroxylation sites is 1. The van der Waals surface area contributed by atoms with E-state index in [4.69, 9.17) is 5.73 Å². The Balaban J connectivity index is 2.01. The first-order chi connectivity index (χ1) is 9.63. The highest BCUT2D eigenvalue weighted by atomic mass is 32.2. The zero-order valence-electron chi connectivity index (χ0n) is 11.0. The van der Waals surface area contributed by atoms with E-state index in [1.165, 1.54) is 15.6 Å². The Labute approximate surface area is 122 Å². The Bertz CT molecular complexity index is 678. The Hall–Kier alpha value is -1.02. The summed E-state index contributed by atoms with van der Waals surface area (Å²) in [6, 6.07) is 7.38. The third-order valence-corrected chi connectivity index (χ3v) is 6.99. The molecule has 1 atom stereocenters. The Morgan fingerprint density at radius 3 is 2.90 bits per heavy atom. The van der Waals surface area contributed by atoms with E-state index in [1.54, 1.807) is 0 Å². The molecule has 0 spiro atoms. The summed E-state index contributed by atoms with van der Waals surface area (Å²) in [6.45, 7) is 0.907. The molecule has 1 aromatic carbocycles. The van der Waals surface area contributed by atoms with E-state index < -0.39 is 10.0 Å². The van der Waals surface area contributed by atoms with Gasteiger partial charge in [0.2, 0.25) is 4.34 Å². The van der Waals surface area contributed by atoms with Gasteiger partial charge in [0, 0.05) is 19.1 Å². The zero-order chi connectivity index (χ0) is 14.2. The van der Waals surface area contributed by atoms with Gasteiger partial charge in [-0.1, -0.05) is 18.6 Å². The quantitative estimate of drug-likeness (QED) is 0.937. The molecule has 2 heterocycles. The number of thiazole rings is 1. The van der Waals surface area contributed by atoms with Gasteiger partial charge in [0.05, 0.1) is 10.2 Å². The monoisotopic (exact) mass is 311 g/mol. The van der Waals surface area contributed by atoms with E-state index in [1.807, 2.05) is 24.3 Å². The first-order valence-corrected chi connectivity index (χ1v) is 8.96. The number of nitrogens with zero attached hydrogens (tertiary/aromatic N) is 2. The average molecular weight is 311 g/mol. The Kier molecular flexibility index (Phi) is 3.76. The first kappa shape index (κ1) is 13.9. The second-order valence-electron chi connectivity index (χ2n) is 4.95. The maximum atomic E-state index is 12.7. The number of rotatable bonds is 3. The van der Waals surface area contributed by atoms with Crippen LogP contribution in [0.4, 0.5) is 0 Å². The summed E-state index contributed by atoms with van der Waals surface area (Å²) < 4.78 is 28.1. The normalized spacial score (nSPS) is 21.4. The van der Waals surface area contributed by atoms with Crippen LogP contribution in [0.15, 0.2) is 28.6 Å². The molecule has 0 amide bonds. The minimum absolute atomic E-state index is 0.0965. The molecule has 7 heteroatoms. The summed E-state index contributed by atoms with van der Waals surface area (Å²) >= 11 is 1.23. The van der Waals surface area contributed by atoms with Crippen LogP contribution < -0.4 is 5.73 Å². The van der Waals surface area contributed by atoms with Crippen molar-refractivity contribution in [2.45, 2.75) is 29.6 Å². The van der Waals surface area contributed by atoms with Crippen molar-refractivity contribution in [1.82, 2.24) is 9.29 Å². The molecule has 108 valence electrons. The molecule has 1 fully saturated rings. The van der Waals surface area contributed by atoms with Gasteiger partial charge in [0.15, 0.2) is 0 Å². The smallest absolute Gasteiger partial charge is 0.270 e. The van der Waals surface area contributed by atoms with Crippen LogP contribution in [-0.4, -0.2) is 36.8 Å². The van der Waals surface area contributed by atoms with Crippen LogP contribution in [0.3, 0.4) is 0 Å². The van der Waals surface area contributed by atoms with Crippen LogP contribution in [0, 0.1) is 0 Å². The molecule has 3 rings (SSSR count). The van der Waals surface area contributed by atoms with Gasteiger partial charge in [-0.2, -0.15) is 4.31 Å². The van der Waals surface area contributed by atoms with Crippen LogP contribution in [0.2, 0.25) is 0 Å². The van der Waals surface area contributed by atoms with E-state index in [-0.39, 0.29) is 10.4 Å². The Morgan fingerprint density at radius 1 is 1.35 bits per heavy atom. The topological polar surface area (TPSA) is 76.3 Å². The second-order valence-corrected chi connectivity index (χ2v) is 8.04. The van der Waals surface area contributed by atoms with Crippen molar-refractivity contribution in [1.29, 1.82) is 0 Å². The molecule has 1 aliphatic rings. The minimum atomic E-state index is -3.52. The number of benzene rings is 1. The van der Waals surface area contributed by atoms with E-state index in [2.05, 4.69) is 4.98 Å². The van der Waals surface area contributed by atoms with Gasteiger partial charge >= 0.3 is 0 Å². The Morgan fingerprint density at radius 2 is 2.15 bits per heavy atom. The van der Waals surface area contributed by atoms with Gasteiger partial charge in [-0.05, 0) is 25.0 Å². The molecule has 0 radical (unpaired) electrons. The molecule has 2 N–H and O–H groups in total. The molecule has 20 heavy (non-hydrogen) atoms. The molecule has 0 aliphatic carbocycles. The van der Waals surface area contributed by atoms with Crippen LogP contribution in [0.25, 0.3) is 10.2 Å². The lowest BCUT2D eigenvalue weighted by Crippen LogP contribution is -2.47. The molecule has 0 saturated carbocycles. The molecular formula is C13H17N3O2S2. The molecule has 0 bridgehead atoms. The van der Waals surface area contributed by atoms with Gasteiger partial charge in [-0.15, -0.1) is 11.3 Å². The molecule has 1 saturated heterocycles. The van der Waals surface area contributed by atoms with Gasteiger partial charge in [-0.3, -0.25) is 0 Å². The van der Waals surface area contributed by atoms with E-state index in [9.17, 15) is 8.42 Å². The summed E-state index contributed by atoms with van der Waals surface area (Å²) in [6.07, 6.45) is 2.76. The molecular weight excluding hydrogens is 294 g/mol. The van der Waals surface area contributed by atoms with Crippen molar-refractivity contribution < 1.29 is 8.42 Å². The summed E-state index contributed by atoms with van der Waals surface area (Å²) in [5.74, 6) is 0. The van der Waals surface area contributed by atoms with Crippen molar-refractivity contribution in [2.24, 2.45) is 5.73 Å². The van der Waals surface area contributed by atoms with Crippen LogP contribution >= 0.6 is 11.3 Å². The summed E-state index contributed by atoms with van der Waals surface area (Å²) in [7, 11) is -3.52. The third kappa shape index (κ3) is 2.35. The maximum Gasteiger partial charge on any atom is 0.270 e. The third-order valence-electron chi connectivity index (χ3n) is 3.65. The molecule has 1 aromatic heterocycles. The van der Waals surface area contributed by atoms with Gasteiger partial charge in [-0.25, -0.2) is 13.4 Å². The summed E-state index contributed by atoms with van der Waals surface area (Å²) in [5.41, 5.74) is 6.45. The fraction of sp³-hybridized carbons (Fsp3) is 0.462.